The minimum atomic E-state index is -3.79. The van der Waals surface area contributed by atoms with Gasteiger partial charge >= 0.3 is 6.09 Å². The summed E-state index contributed by atoms with van der Waals surface area (Å²) in [6, 6.07) is 7.85. The first-order valence-corrected chi connectivity index (χ1v) is 11.7. The predicted molar refractivity (Wildman–Crippen MR) is 111 cm³/mol. The van der Waals surface area contributed by atoms with E-state index < -0.39 is 16.1 Å². The average molecular weight is 466 g/mol. The molecule has 0 radical (unpaired) electrons. The zero-order chi connectivity index (χ0) is 22.7. The van der Waals surface area contributed by atoms with Crippen molar-refractivity contribution in [1.82, 2.24) is 14.2 Å². The number of benzene rings is 1. The van der Waals surface area contributed by atoms with E-state index in [9.17, 15) is 17.6 Å². The number of carbonyl (C=O) groups is 1. The van der Waals surface area contributed by atoms with Crippen LogP contribution >= 0.6 is 0 Å². The second-order valence-electron chi connectivity index (χ2n) is 7.61. The molecule has 2 fully saturated rings. The Morgan fingerprint density at radius 1 is 1.09 bits per heavy atom. The Labute approximate surface area is 185 Å². The smallest absolute Gasteiger partial charge is 0.410 e. The molecule has 11 heteroatoms. The van der Waals surface area contributed by atoms with Crippen molar-refractivity contribution in [3.05, 3.63) is 48.4 Å². The molecule has 0 spiro atoms. The van der Waals surface area contributed by atoms with Gasteiger partial charge in [-0.15, -0.1) is 0 Å². The highest BCUT2D eigenvalue weighted by molar-refractivity contribution is 7.89. The number of pyridine rings is 1. The molecule has 32 heavy (non-hydrogen) atoms. The normalized spacial score (nSPS) is 20.9. The molecule has 2 bridgehead atoms. The number of fused-ring (bicyclic) bond motifs is 2. The van der Waals surface area contributed by atoms with Gasteiger partial charge in [0.1, 0.15) is 23.1 Å². The summed E-state index contributed by atoms with van der Waals surface area (Å²) in [6.07, 6.45) is 2.24. The molecule has 172 valence electrons. The van der Waals surface area contributed by atoms with Crippen LogP contribution in [0.25, 0.3) is 0 Å². The number of hydrogen-bond donors (Lipinski definition) is 0. The summed E-state index contributed by atoms with van der Waals surface area (Å²) < 4.78 is 56.3. The molecule has 2 aromatic rings. The lowest BCUT2D eigenvalue weighted by Crippen LogP contribution is -2.57. The monoisotopic (exact) mass is 465 g/mol. The molecule has 1 amide bonds. The Hall–Kier alpha value is -2.76. The molecule has 3 heterocycles. The quantitative estimate of drug-likeness (QED) is 0.580. The van der Waals surface area contributed by atoms with E-state index in [4.69, 9.17) is 14.2 Å². The minimum Gasteiger partial charge on any atom is -0.447 e. The largest absolute Gasteiger partial charge is 0.447 e. The van der Waals surface area contributed by atoms with Gasteiger partial charge in [-0.05, 0) is 43.2 Å². The number of hydrogen-bond acceptors (Lipinski definition) is 7. The molecule has 2 saturated heterocycles. The molecular weight excluding hydrogens is 441 g/mol. The Kier molecular flexibility index (Phi) is 6.58. The fraction of sp³-hybridized carbons (Fsp3) is 0.429. The summed E-state index contributed by atoms with van der Waals surface area (Å²) in [6.45, 7) is 0.868. The molecule has 2 aliphatic rings. The van der Waals surface area contributed by atoms with E-state index in [0.29, 0.717) is 12.4 Å². The number of carbonyl (C=O) groups excluding carboxylic acids is 1. The third-order valence-electron chi connectivity index (χ3n) is 5.56. The van der Waals surface area contributed by atoms with Crippen molar-refractivity contribution in [2.24, 2.45) is 0 Å². The highest BCUT2D eigenvalue weighted by atomic mass is 32.2. The van der Waals surface area contributed by atoms with Crippen LogP contribution in [0.5, 0.6) is 11.6 Å². The van der Waals surface area contributed by atoms with E-state index in [1.54, 1.807) is 4.90 Å². The van der Waals surface area contributed by atoms with Crippen LogP contribution in [-0.4, -0.2) is 74.2 Å². The second kappa shape index (κ2) is 9.39. The van der Waals surface area contributed by atoms with Gasteiger partial charge in [-0.2, -0.15) is 4.31 Å². The summed E-state index contributed by atoms with van der Waals surface area (Å²) in [5.41, 5.74) is 0. The van der Waals surface area contributed by atoms with Gasteiger partial charge in [-0.3, -0.25) is 4.90 Å². The molecular formula is C21H24FN3O6S. The fourth-order valence-electron chi connectivity index (χ4n) is 4.00. The minimum absolute atomic E-state index is 0.0412. The summed E-state index contributed by atoms with van der Waals surface area (Å²) in [7, 11) is -2.26. The summed E-state index contributed by atoms with van der Waals surface area (Å²) in [4.78, 5) is 18.2. The summed E-state index contributed by atoms with van der Waals surface area (Å²) in [5.74, 6) is 0.197. The Morgan fingerprint density at radius 3 is 2.38 bits per heavy atom. The number of nitrogens with zero attached hydrogens (tertiary/aromatic N) is 3. The van der Waals surface area contributed by atoms with E-state index in [0.717, 1.165) is 12.8 Å². The van der Waals surface area contributed by atoms with Crippen LogP contribution in [0.2, 0.25) is 0 Å². The first-order chi connectivity index (χ1) is 15.4. The number of rotatable bonds is 7. The maximum atomic E-state index is 13.2. The number of methoxy groups -OCH3 is 1. The van der Waals surface area contributed by atoms with E-state index in [1.807, 2.05) is 0 Å². The van der Waals surface area contributed by atoms with E-state index in [-0.39, 0.29) is 48.4 Å². The Morgan fingerprint density at radius 2 is 1.78 bits per heavy atom. The standard InChI is InChI=1S/C21H24FN3O6S/c1-29-10-11-30-21(26)25-16-4-5-17(25)14-24(13-16)32(27,28)19-8-9-20(23-12-19)31-18-6-2-15(22)3-7-18/h2-3,6-9,12,16-17H,4-5,10-11,13-14H2,1H3/t16-,17+. The zero-order valence-corrected chi connectivity index (χ0v) is 18.3. The average Bonchev–Trinajstić information content (AvgIpc) is 3.05. The number of ether oxygens (including phenoxy) is 3. The van der Waals surface area contributed by atoms with Crippen molar-refractivity contribution in [2.75, 3.05) is 33.4 Å². The molecule has 1 aromatic carbocycles. The first-order valence-electron chi connectivity index (χ1n) is 10.2. The first kappa shape index (κ1) is 22.4. The van der Waals surface area contributed by atoms with E-state index >= 15 is 0 Å². The number of aromatic nitrogens is 1. The van der Waals surface area contributed by atoms with Crippen molar-refractivity contribution in [3.8, 4) is 11.6 Å². The highest BCUT2D eigenvalue weighted by Gasteiger charge is 2.46. The van der Waals surface area contributed by atoms with Crippen molar-refractivity contribution >= 4 is 16.1 Å². The molecule has 0 N–H and O–H groups in total. The van der Waals surface area contributed by atoms with E-state index in [2.05, 4.69) is 4.98 Å². The molecule has 0 saturated carbocycles. The van der Waals surface area contributed by atoms with Crippen LogP contribution in [0.4, 0.5) is 9.18 Å². The van der Waals surface area contributed by atoms with Crippen molar-refractivity contribution in [3.63, 3.8) is 0 Å². The van der Waals surface area contributed by atoms with Gasteiger partial charge < -0.3 is 14.2 Å². The maximum Gasteiger partial charge on any atom is 0.410 e. The zero-order valence-electron chi connectivity index (χ0n) is 17.5. The van der Waals surface area contributed by atoms with Crippen LogP contribution in [0.15, 0.2) is 47.5 Å². The SMILES string of the molecule is COCCOC(=O)N1[C@@H]2CC[C@H]1CN(S(=O)(=O)c1ccc(Oc3ccc(F)cc3)nc1)C2. The van der Waals surface area contributed by atoms with Gasteiger partial charge in [-0.25, -0.2) is 22.6 Å². The van der Waals surface area contributed by atoms with Crippen LogP contribution in [-0.2, 0) is 19.5 Å². The molecule has 9 nitrogen and oxygen atoms in total. The van der Waals surface area contributed by atoms with Crippen molar-refractivity contribution < 1.29 is 31.8 Å². The molecule has 2 aliphatic heterocycles. The van der Waals surface area contributed by atoms with Crippen LogP contribution in [0, 0.1) is 5.82 Å². The lowest BCUT2D eigenvalue weighted by Gasteiger charge is -2.39. The van der Waals surface area contributed by atoms with Gasteiger partial charge in [0.2, 0.25) is 15.9 Å². The molecule has 1 aromatic heterocycles. The number of piperazine rings is 1. The number of sulfonamides is 1. The van der Waals surface area contributed by atoms with Gasteiger partial charge in [0, 0.05) is 38.3 Å². The fourth-order valence-corrected chi connectivity index (χ4v) is 5.46. The van der Waals surface area contributed by atoms with Gasteiger partial charge in [0.25, 0.3) is 0 Å². The van der Waals surface area contributed by atoms with Gasteiger partial charge in [0.15, 0.2) is 0 Å². The summed E-state index contributed by atoms with van der Waals surface area (Å²) in [5, 5.41) is 0. The third kappa shape index (κ3) is 4.69. The summed E-state index contributed by atoms with van der Waals surface area (Å²) >= 11 is 0. The molecule has 4 rings (SSSR count). The van der Waals surface area contributed by atoms with Crippen LogP contribution in [0.3, 0.4) is 0 Å². The van der Waals surface area contributed by atoms with Crippen molar-refractivity contribution in [1.29, 1.82) is 0 Å². The van der Waals surface area contributed by atoms with Crippen LogP contribution < -0.4 is 4.74 Å². The third-order valence-corrected chi connectivity index (χ3v) is 7.37. The lowest BCUT2D eigenvalue weighted by molar-refractivity contribution is 0.0436. The Balaban J connectivity index is 1.42. The Bertz CT molecular complexity index is 1030. The maximum absolute atomic E-state index is 13.2. The topological polar surface area (TPSA) is 98.3 Å². The lowest BCUT2D eigenvalue weighted by atomic mass is 10.2. The molecule has 0 aliphatic carbocycles. The highest BCUT2D eigenvalue weighted by Crippen LogP contribution is 2.33. The number of halogens is 1. The van der Waals surface area contributed by atoms with Crippen LogP contribution in [0.1, 0.15) is 12.8 Å². The van der Waals surface area contributed by atoms with E-state index in [1.165, 1.54) is 54.0 Å². The molecule has 2 atom stereocenters. The molecule has 0 unspecified atom stereocenters. The second-order valence-corrected chi connectivity index (χ2v) is 9.55. The van der Waals surface area contributed by atoms with Gasteiger partial charge in [0.05, 0.1) is 12.8 Å². The number of amides is 1. The predicted octanol–water partition coefficient (Wildman–Crippen LogP) is 2.63. The van der Waals surface area contributed by atoms with Crippen molar-refractivity contribution in [2.45, 2.75) is 29.8 Å². The van der Waals surface area contributed by atoms with Gasteiger partial charge in [-0.1, -0.05) is 0 Å².